The first-order valence-electron chi connectivity index (χ1n) is 9.01. The van der Waals surface area contributed by atoms with Crippen molar-refractivity contribution < 1.29 is 19.4 Å². The van der Waals surface area contributed by atoms with Crippen molar-refractivity contribution in [3.05, 3.63) is 88.2 Å². The number of hydrogen-bond acceptors (Lipinski definition) is 4. The van der Waals surface area contributed by atoms with Crippen molar-refractivity contribution in [1.82, 2.24) is 10.3 Å². The summed E-state index contributed by atoms with van der Waals surface area (Å²) in [5.74, 6) is -1.30. The molecule has 1 amide bonds. The Labute approximate surface area is 175 Å². The van der Waals surface area contributed by atoms with Crippen LogP contribution in [0.4, 0.5) is 4.79 Å². The molecule has 4 rings (SSSR count). The molecular weight excluding hydrogens is 436 g/mol. The van der Waals surface area contributed by atoms with Crippen LogP contribution < -0.4 is 5.32 Å². The number of carboxylic acids is 1. The van der Waals surface area contributed by atoms with Gasteiger partial charge < -0.3 is 15.2 Å². The summed E-state index contributed by atoms with van der Waals surface area (Å²) in [4.78, 5) is 28.1. The number of benzene rings is 2. The molecule has 29 heavy (non-hydrogen) atoms. The summed E-state index contributed by atoms with van der Waals surface area (Å²) in [7, 11) is 0. The van der Waals surface area contributed by atoms with E-state index in [1.807, 2.05) is 36.4 Å². The number of carboxylic acid groups (broad SMARTS) is 1. The lowest BCUT2D eigenvalue weighted by Gasteiger charge is -2.18. The van der Waals surface area contributed by atoms with Crippen LogP contribution in [0.3, 0.4) is 0 Å². The van der Waals surface area contributed by atoms with Crippen LogP contribution >= 0.6 is 15.9 Å². The van der Waals surface area contributed by atoms with E-state index in [1.54, 1.807) is 12.1 Å². The van der Waals surface area contributed by atoms with Crippen molar-refractivity contribution in [3.8, 4) is 11.1 Å². The van der Waals surface area contributed by atoms with Gasteiger partial charge in [0.25, 0.3) is 0 Å². The van der Waals surface area contributed by atoms with Gasteiger partial charge >= 0.3 is 12.1 Å². The Morgan fingerprint density at radius 1 is 1.03 bits per heavy atom. The van der Waals surface area contributed by atoms with E-state index in [0.717, 1.165) is 22.3 Å². The lowest BCUT2D eigenvalue weighted by atomic mass is 9.98. The van der Waals surface area contributed by atoms with Crippen LogP contribution in [0.2, 0.25) is 0 Å². The van der Waals surface area contributed by atoms with Crippen molar-refractivity contribution in [2.45, 2.75) is 12.0 Å². The summed E-state index contributed by atoms with van der Waals surface area (Å²) in [6.45, 7) is 0.112. The monoisotopic (exact) mass is 452 g/mol. The van der Waals surface area contributed by atoms with E-state index in [1.165, 1.54) is 6.20 Å². The number of nitrogens with zero attached hydrogens (tertiary/aromatic N) is 1. The average molecular weight is 453 g/mol. The van der Waals surface area contributed by atoms with Gasteiger partial charge in [-0.2, -0.15) is 0 Å². The van der Waals surface area contributed by atoms with Crippen LogP contribution in [0, 0.1) is 0 Å². The molecule has 1 aromatic heterocycles. The molecule has 0 radical (unpaired) electrons. The van der Waals surface area contributed by atoms with Crippen LogP contribution in [0.25, 0.3) is 11.1 Å². The van der Waals surface area contributed by atoms with Gasteiger partial charge in [-0.1, -0.05) is 54.6 Å². The summed E-state index contributed by atoms with van der Waals surface area (Å²) >= 11 is 3.22. The molecule has 0 saturated heterocycles. The van der Waals surface area contributed by atoms with Gasteiger partial charge in [0.1, 0.15) is 11.2 Å². The molecule has 2 N–H and O–H groups in total. The zero-order valence-corrected chi connectivity index (χ0v) is 16.8. The van der Waals surface area contributed by atoms with Gasteiger partial charge in [0, 0.05) is 17.7 Å². The molecule has 3 aromatic rings. The topological polar surface area (TPSA) is 88.5 Å². The predicted octanol–water partition coefficient (Wildman–Crippen LogP) is 4.51. The fraction of sp³-hybridized carbons (Fsp3) is 0.136. The Balaban J connectivity index is 1.50. The van der Waals surface area contributed by atoms with Gasteiger partial charge in [0.2, 0.25) is 0 Å². The summed E-state index contributed by atoms with van der Waals surface area (Å²) in [5.41, 5.74) is 4.77. The largest absolute Gasteiger partial charge is 0.479 e. The first-order chi connectivity index (χ1) is 14.1. The number of ether oxygens (including phenoxy) is 1. The number of halogens is 1. The summed E-state index contributed by atoms with van der Waals surface area (Å²) in [6.07, 6.45) is 0.731. The highest BCUT2D eigenvalue weighted by atomic mass is 79.9. The van der Waals surface area contributed by atoms with Crippen LogP contribution in [0.15, 0.2) is 71.5 Å². The van der Waals surface area contributed by atoms with Gasteiger partial charge in [-0.3, -0.25) is 0 Å². The zero-order valence-electron chi connectivity index (χ0n) is 15.2. The highest BCUT2D eigenvalue weighted by Gasteiger charge is 2.30. The summed E-state index contributed by atoms with van der Waals surface area (Å²) in [5, 5.41) is 11.9. The maximum atomic E-state index is 12.4. The first-order valence-corrected chi connectivity index (χ1v) is 9.80. The van der Waals surface area contributed by atoms with Crippen molar-refractivity contribution in [2.75, 3.05) is 6.61 Å². The fourth-order valence-corrected chi connectivity index (χ4v) is 4.12. The van der Waals surface area contributed by atoms with E-state index in [2.05, 4.69) is 38.4 Å². The minimum absolute atomic E-state index is 0.0958. The molecule has 0 fully saturated rings. The van der Waals surface area contributed by atoms with Crippen molar-refractivity contribution in [1.29, 1.82) is 0 Å². The van der Waals surface area contributed by atoms with E-state index in [-0.39, 0.29) is 12.5 Å². The summed E-state index contributed by atoms with van der Waals surface area (Å²) in [6, 6.07) is 17.9. The number of fused-ring (bicyclic) bond motifs is 3. The molecule has 0 spiro atoms. The number of nitrogens with one attached hydrogen (secondary N) is 1. The van der Waals surface area contributed by atoms with Gasteiger partial charge in [-0.25, -0.2) is 14.6 Å². The van der Waals surface area contributed by atoms with Crippen LogP contribution in [-0.4, -0.2) is 28.8 Å². The van der Waals surface area contributed by atoms with E-state index in [0.29, 0.717) is 10.2 Å². The maximum Gasteiger partial charge on any atom is 0.408 e. The molecule has 7 heteroatoms. The number of amides is 1. The summed E-state index contributed by atoms with van der Waals surface area (Å²) < 4.78 is 5.79. The molecular formula is C22H17BrN2O4. The highest BCUT2D eigenvalue weighted by Crippen LogP contribution is 2.44. The van der Waals surface area contributed by atoms with Crippen molar-refractivity contribution >= 4 is 28.0 Å². The zero-order chi connectivity index (χ0) is 20.4. The van der Waals surface area contributed by atoms with E-state index < -0.39 is 18.1 Å². The molecule has 0 saturated carbocycles. The van der Waals surface area contributed by atoms with E-state index in [4.69, 9.17) is 4.74 Å². The SMILES string of the molecule is O=C(NC(C(=O)O)c1cccnc1Br)OCC1c2ccccc2-c2ccccc21. The van der Waals surface area contributed by atoms with Crippen LogP contribution in [0.5, 0.6) is 0 Å². The molecule has 1 unspecified atom stereocenters. The second-order valence-corrected chi connectivity index (χ2v) is 7.38. The highest BCUT2D eigenvalue weighted by molar-refractivity contribution is 9.10. The number of aromatic nitrogens is 1. The quantitative estimate of drug-likeness (QED) is 0.555. The Bertz CT molecular complexity index is 1040. The second-order valence-electron chi connectivity index (χ2n) is 6.62. The number of pyridine rings is 1. The van der Waals surface area contributed by atoms with E-state index >= 15 is 0 Å². The minimum Gasteiger partial charge on any atom is -0.479 e. The standard InChI is InChI=1S/C22H17BrN2O4/c23-20-17(10-5-11-24-20)19(21(26)27)25-22(28)29-12-18-15-8-3-1-6-13(15)14-7-2-4-9-16(14)18/h1-11,18-19H,12H2,(H,25,28)(H,26,27). The molecule has 6 nitrogen and oxygen atoms in total. The number of aliphatic carboxylic acids is 1. The first kappa shape index (κ1) is 19.1. The molecule has 1 atom stereocenters. The fourth-order valence-electron chi connectivity index (χ4n) is 3.64. The molecule has 1 aliphatic rings. The lowest BCUT2D eigenvalue weighted by molar-refractivity contribution is -0.139. The number of hydrogen-bond donors (Lipinski definition) is 2. The third-order valence-electron chi connectivity index (χ3n) is 4.95. The van der Waals surface area contributed by atoms with Gasteiger partial charge in [0.05, 0.1) is 0 Å². The number of carbonyl (C=O) groups excluding carboxylic acids is 1. The lowest BCUT2D eigenvalue weighted by Crippen LogP contribution is -2.35. The Hall–Kier alpha value is -3.19. The van der Waals surface area contributed by atoms with Gasteiger partial charge in [-0.15, -0.1) is 0 Å². The smallest absolute Gasteiger partial charge is 0.408 e. The number of rotatable bonds is 5. The van der Waals surface area contributed by atoms with Crippen molar-refractivity contribution in [2.24, 2.45) is 0 Å². The molecule has 1 aliphatic carbocycles. The second kappa shape index (κ2) is 8.05. The van der Waals surface area contributed by atoms with Crippen molar-refractivity contribution in [3.63, 3.8) is 0 Å². The van der Waals surface area contributed by atoms with Crippen LogP contribution in [0.1, 0.15) is 28.7 Å². The molecule has 2 aromatic carbocycles. The van der Waals surface area contributed by atoms with Gasteiger partial charge in [-0.05, 0) is 44.3 Å². The normalized spacial score (nSPS) is 13.3. The maximum absolute atomic E-state index is 12.4. The Morgan fingerprint density at radius 2 is 1.66 bits per heavy atom. The molecule has 1 heterocycles. The average Bonchev–Trinajstić information content (AvgIpc) is 3.05. The molecule has 0 aliphatic heterocycles. The molecule has 146 valence electrons. The third-order valence-corrected chi connectivity index (χ3v) is 5.61. The Kier molecular flexibility index (Phi) is 5.31. The molecule has 0 bridgehead atoms. The van der Waals surface area contributed by atoms with E-state index in [9.17, 15) is 14.7 Å². The third kappa shape index (κ3) is 3.73. The Morgan fingerprint density at radius 3 is 2.24 bits per heavy atom. The minimum atomic E-state index is -1.27. The number of alkyl carbamates (subject to hydrolysis) is 1. The number of carbonyl (C=O) groups is 2. The van der Waals surface area contributed by atoms with Crippen LogP contribution in [-0.2, 0) is 9.53 Å². The predicted molar refractivity (Wildman–Crippen MR) is 111 cm³/mol. The van der Waals surface area contributed by atoms with Gasteiger partial charge in [0.15, 0.2) is 6.04 Å².